The molecular weight excluding hydrogens is 172 g/mol. The molecule has 0 aliphatic heterocycles. The van der Waals surface area contributed by atoms with Gasteiger partial charge in [-0.3, -0.25) is 4.79 Å². The molecule has 0 aromatic heterocycles. The van der Waals surface area contributed by atoms with E-state index in [4.69, 9.17) is 10.2 Å². The van der Waals surface area contributed by atoms with Gasteiger partial charge >= 0.3 is 5.97 Å². The summed E-state index contributed by atoms with van der Waals surface area (Å²) in [6.07, 6.45) is 1.68. The predicted octanol–water partition coefficient (Wildman–Crippen LogP) is 0.276. The molecule has 0 bridgehead atoms. The van der Waals surface area contributed by atoms with Gasteiger partial charge in [0.1, 0.15) is 0 Å². The van der Waals surface area contributed by atoms with Crippen LogP contribution in [0.4, 0.5) is 0 Å². The number of carbonyl (C=O) groups is 1. The van der Waals surface area contributed by atoms with E-state index in [9.17, 15) is 4.79 Å². The molecule has 0 heterocycles. The molecule has 76 valence electrons. The van der Waals surface area contributed by atoms with Gasteiger partial charge in [-0.05, 0) is 19.3 Å². The second kappa shape index (κ2) is 4.58. The normalized spacial score (nSPS) is 28.9. The summed E-state index contributed by atoms with van der Waals surface area (Å²) >= 11 is 0. The summed E-state index contributed by atoms with van der Waals surface area (Å²) in [4.78, 5) is 11.1. The highest BCUT2D eigenvalue weighted by molar-refractivity contribution is 5.72. The fraction of sp³-hybridized carbons (Fsp3) is 0.889. The third-order valence-electron chi connectivity index (χ3n) is 2.67. The first kappa shape index (κ1) is 10.5. The van der Waals surface area contributed by atoms with Crippen molar-refractivity contribution in [1.29, 1.82) is 0 Å². The number of carbonyl (C=O) groups excluding carboxylic acids is 1. The maximum Gasteiger partial charge on any atom is 0.308 e. The van der Waals surface area contributed by atoms with E-state index in [0.29, 0.717) is 6.42 Å². The van der Waals surface area contributed by atoms with Gasteiger partial charge in [-0.1, -0.05) is 6.42 Å². The van der Waals surface area contributed by atoms with Crippen LogP contribution in [-0.2, 0) is 9.53 Å². The number of ether oxygens (including phenoxy) is 1. The molecule has 1 aliphatic carbocycles. The molecule has 0 aromatic carbocycles. The van der Waals surface area contributed by atoms with Gasteiger partial charge in [0.05, 0.1) is 13.0 Å². The van der Waals surface area contributed by atoms with Gasteiger partial charge in [-0.2, -0.15) is 0 Å². The third kappa shape index (κ3) is 2.67. The summed E-state index contributed by atoms with van der Waals surface area (Å²) < 4.78 is 4.62. The molecule has 0 radical (unpaired) electrons. The molecule has 4 nitrogen and oxygen atoms in total. The monoisotopic (exact) mass is 188 g/mol. The van der Waals surface area contributed by atoms with Crippen molar-refractivity contribution in [2.45, 2.75) is 32.0 Å². The number of aliphatic hydroxyl groups is 2. The second-order valence-corrected chi connectivity index (χ2v) is 3.56. The second-order valence-electron chi connectivity index (χ2n) is 3.56. The highest BCUT2D eigenvalue weighted by Crippen LogP contribution is 2.31. The van der Waals surface area contributed by atoms with Gasteiger partial charge in [0.15, 0.2) is 6.29 Å². The van der Waals surface area contributed by atoms with Crippen LogP contribution in [0.2, 0.25) is 0 Å². The van der Waals surface area contributed by atoms with E-state index in [2.05, 4.69) is 4.74 Å². The number of hydrogen-bond acceptors (Lipinski definition) is 4. The molecular formula is C9H16O4. The van der Waals surface area contributed by atoms with Crippen LogP contribution in [0.1, 0.15) is 25.7 Å². The van der Waals surface area contributed by atoms with Crippen LogP contribution < -0.4 is 0 Å². The molecule has 0 amide bonds. The quantitative estimate of drug-likeness (QED) is 0.482. The molecule has 0 aromatic rings. The molecule has 1 fully saturated rings. The molecule has 13 heavy (non-hydrogen) atoms. The van der Waals surface area contributed by atoms with Crippen molar-refractivity contribution in [3.8, 4) is 0 Å². The van der Waals surface area contributed by atoms with E-state index in [1.54, 1.807) is 0 Å². The van der Waals surface area contributed by atoms with Crippen molar-refractivity contribution in [2.75, 3.05) is 7.11 Å². The van der Waals surface area contributed by atoms with Crippen LogP contribution in [0.3, 0.4) is 0 Å². The van der Waals surface area contributed by atoms with E-state index in [-0.39, 0.29) is 17.8 Å². The molecule has 1 saturated carbocycles. The molecule has 0 saturated heterocycles. The number of esters is 1. The Morgan fingerprint density at radius 3 is 2.69 bits per heavy atom. The first-order chi connectivity index (χ1) is 6.15. The zero-order chi connectivity index (χ0) is 9.84. The summed E-state index contributed by atoms with van der Waals surface area (Å²) in [7, 11) is 1.36. The van der Waals surface area contributed by atoms with Crippen molar-refractivity contribution in [3.63, 3.8) is 0 Å². The van der Waals surface area contributed by atoms with E-state index >= 15 is 0 Å². The van der Waals surface area contributed by atoms with Gasteiger partial charge in [-0.25, -0.2) is 0 Å². The van der Waals surface area contributed by atoms with Crippen LogP contribution >= 0.6 is 0 Å². The Bertz CT molecular complexity index is 178. The predicted molar refractivity (Wildman–Crippen MR) is 45.7 cm³/mol. The highest BCUT2D eigenvalue weighted by atomic mass is 16.5. The Labute approximate surface area is 77.5 Å². The lowest BCUT2D eigenvalue weighted by Crippen LogP contribution is -2.30. The lowest BCUT2D eigenvalue weighted by Gasteiger charge is -2.28. The van der Waals surface area contributed by atoms with Crippen LogP contribution in [0.25, 0.3) is 0 Å². The Morgan fingerprint density at radius 2 is 2.15 bits per heavy atom. The Morgan fingerprint density at radius 1 is 1.46 bits per heavy atom. The highest BCUT2D eigenvalue weighted by Gasteiger charge is 2.30. The fourth-order valence-corrected chi connectivity index (χ4v) is 1.88. The van der Waals surface area contributed by atoms with Crippen molar-refractivity contribution >= 4 is 5.97 Å². The van der Waals surface area contributed by atoms with Crippen molar-refractivity contribution in [1.82, 2.24) is 0 Å². The molecule has 1 aliphatic rings. The number of aliphatic hydroxyl groups excluding tert-OH is 1. The van der Waals surface area contributed by atoms with Crippen LogP contribution in [0.5, 0.6) is 0 Å². The zero-order valence-corrected chi connectivity index (χ0v) is 7.77. The van der Waals surface area contributed by atoms with Gasteiger partial charge in [0.2, 0.25) is 0 Å². The lowest BCUT2D eigenvalue weighted by atomic mass is 9.81. The van der Waals surface area contributed by atoms with Crippen LogP contribution in [0.15, 0.2) is 0 Å². The standard InChI is InChI=1S/C9H16O4/c1-13-9(12)7-4-2-3-6(5-7)8(10)11/h6-8,10-11H,2-5H2,1H3. The smallest absolute Gasteiger partial charge is 0.308 e. The van der Waals surface area contributed by atoms with E-state index in [1.807, 2.05) is 0 Å². The molecule has 2 unspecified atom stereocenters. The largest absolute Gasteiger partial charge is 0.469 e. The van der Waals surface area contributed by atoms with Crippen molar-refractivity contribution in [3.05, 3.63) is 0 Å². The summed E-state index contributed by atoms with van der Waals surface area (Å²) in [5.41, 5.74) is 0. The van der Waals surface area contributed by atoms with Crippen LogP contribution in [0, 0.1) is 11.8 Å². The average molecular weight is 188 g/mol. The van der Waals surface area contributed by atoms with Gasteiger partial charge < -0.3 is 14.9 Å². The number of hydrogen-bond donors (Lipinski definition) is 2. The SMILES string of the molecule is COC(=O)C1CCCC(C(O)O)C1. The van der Waals surface area contributed by atoms with E-state index in [1.165, 1.54) is 7.11 Å². The summed E-state index contributed by atoms with van der Waals surface area (Å²) in [5, 5.41) is 17.9. The minimum absolute atomic E-state index is 0.148. The minimum atomic E-state index is -1.30. The van der Waals surface area contributed by atoms with Gasteiger partial charge in [0, 0.05) is 5.92 Å². The topological polar surface area (TPSA) is 66.8 Å². The first-order valence-electron chi connectivity index (χ1n) is 4.59. The molecule has 4 heteroatoms. The number of methoxy groups -OCH3 is 1. The number of rotatable bonds is 2. The fourth-order valence-electron chi connectivity index (χ4n) is 1.88. The summed E-state index contributed by atoms with van der Waals surface area (Å²) in [6, 6.07) is 0. The summed E-state index contributed by atoms with van der Waals surface area (Å²) in [6.45, 7) is 0. The average Bonchev–Trinajstić information content (AvgIpc) is 2.17. The van der Waals surface area contributed by atoms with Crippen molar-refractivity contribution in [2.24, 2.45) is 11.8 Å². The maximum atomic E-state index is 11.1. The Balaban J connectivity index is 2.46. The first-order valence-corrected chi connectivity index (χ1v) is 4.59. The van der Waals surface area contributed by atoms with Gasteiger partial charge in [-0.15, -0.1) is 0 Å². The minimum Gasteiger partial charge on any atom is -0.469 e. The molecule has 0 spiro atoms. The zero-order valence-electron chi connectivity index (χ0n) is 7.77. The van der Waals surface area contributed by atoms with Crippen LogP contribution in [-0.4, -0.2) is 29.6 Å². The molecule has 2 N–H and O–H groups in total. The maximum absolute atomic E-state index is 11.1. The van der Waals surface area contributed by atoms with E-state index in [0.717, 1.165) is 19.3 Å². The molecule has 1 rings (SSSR count). The van der Waals surface area contributed by atoms with Crippen molar-refractivity contribution < 1.29 is 19.7 Å². The van der Waals surface area contributed by atoms with E-state index < -0.39 is 6.29 Å². The summed E-state index contributed by atoms with van der Waals surface area (Å²) in [5.74, 6) is -0.547. The Hall–Kier alpha value is -0.610. The molecule has 2 atom stereocenters. The van der Waals surface area contributed by atoms with Gasteiger partial charge in [0.25, 0.3) is 0 Å². The third-order valence-corrected chi connectivity index (χ3v) is 2.67. The Kier molecular flexibility index (Phi) is 3.69. The lowest BCUT2D eigenvalue weighted by molar-refractivity contribution is -0.150.